The Morgan fingerprint density at radius 2 is 1.76 bits per heavy atom. The van der Waals surface area contributed by atoms with Crippen molar-refractivity contribution < 1.29 is 9.22 Å². The van der Waals surface area contributed by atoms with E-state index >= 15 is 0 Å². The largest absolute Gasteiger partial charge is 0.516 e. The fraction of sp³-hybridized carbons (Fsp3) is 0.250. The number of hydrogen-bond acceptors (Lipinski definition) is 4. The van der Waals surface area contributed by atoms with Gasteiger partial charge in [-0.25, -0.2) is 4.79 Å². The molecule has 1 aromatic heterocycles. The van der Waals surface area contributed by atoms with Crippen molar-refractivity contribution in [2.75, 3.05) is 0 Å². The molecule has 88 valence electrons. The number of aromatic nitrogens is 2. The summed E-state index contributed by atoms with van der Waals surface area (Å²) >= 11 is 0. The Bertz CT molecular complexity index is 564. The van der Waals surface area contributed by atoms with Gasteiger partial charge < -0.3 is 4.43 Å². The highest BCUT2D eigenvalue weighted by Gasteiger charge is 2.21. The number of fused-ring (bicyclic) bond motifs is 1. The first kappa shape index (κ1) is 11.7. The molecular weight excluding hydrogens is 232 g/mol. The van der Waals surface area contributed by atoms with E-state index in [2.05, 4.69) is 9.97 Å². The second-order valence-electron chi connectivity index (χ2n) is 4.76. The molecule has 0 aliphatic carbocycles. The van der Waals surface area contributed by atoms with Crippen LogP contribution in [0.5, 0.6) is 0 Å². The van der Waals surface area contributed by atoms with Gasteiger partial charge in [-0.3, -0.25) is 9.97 Å². The fourth-order valence-corrected chi connectivity index (χ4v) is 2.10. The Hall–Kier alpha value is -1.75. The van der Waals surface area contributed by atoms with Gasteiger partial charge in [-0.05, 0) is 37.8 Å². The smallest absolute Gasteiger partial charge is 0.324 e. The lowest BCUT2D eigenvalue weighted by Gasteiger charge is -2.17. The lowest BCUT2D eigenvalue weighted by Crippen LogP contribution is -2.29. The molecule has 5 heteroatoms. The molecule has 2 aromatic rings. The highest BCUT2D eigenvalue weighted by atomic mass is 28.4. The number of nitrogens with zero attached hydrogens (tertiary/aromatic N) is 2. The van der Waals surface area contributed by atoms with Crippen molar-refractivity contribution in [2.24, 2.45) is 0 Å². The molecule has 1 heterocycles. The van der Waals surface area contributed by atoms with Gasteiger partial charge in [0.1, 0.15) is 0 Å². The van der Waals surface area contributed by atoms with Crippen LogP contribution in [0.1, 0.15) is 10.4 Å². The van der Waals surface area contributed by atoms with Crippen LogP contribution in [0, 0.1) is 0 Å². The van der Waals surface area contributed by atoms with Crippen molar-refractivity contribution in [3.8, 4) is 0 Å². The Kier molecular flexibility index (Phi) is 2.93. The van der Waals surface area contributed by atoms with Crippen LogP contribution in [-0.2, 0) is 4.43 Å². The minimum absolute atomic E-state index is 0.281. The van der Waals surface area contributed by atoms with E-state index in [1.54, 1.807) is 30.6 Å². The monoisotopic (exact) mass is 246 g/mol. The van der Waals surface area contributed by atoms with Crippen LogP contribution in [0.15, 0.2) is 30.6 Å². The molecule has 0 aliphatic heterocycles. The van der Waals surface area contributed by atoms with Crippen LogP contribution >= 0.6 is 0 Å². The lowest BCUT2D eigenvalue weighted by molar-refractivity contribution is 0.0725. The van der Waals surface area contributed by atoms with Crippen molar-refractivity contribution >= 4 is 25.3 Å². The maximum atomic E-state index is 11.9. The normalized spacial score (nSPS) is 11.5. The maximum absolute atomic E-state index is 11.9. The van der Waals surface area contributed by atoms with Crippen LogP contribution in [-0.4, -0.2) is 24.3 Å². The van der Waals surface area contributed by atoms with E-state index in [1.807, 2.05) is 19.6 Å². The molecule has 0 atom stereocenters. The summed E-state index contributed by atoms with van der Waals surface area (Å²) in [5.41, 5.74) is 2.01. The average molecular weight is 246 g/mol. The Morgan fingerprint density at radius 1 is 1.12 bits per heavy atom. The molecule has 0 unspecified atom stereocenters. The van der Waals surface area contributed by atoms with Gasteiger partial charge in [0, 0.05) is 12.4 Å². The fourth-order valence-electron chi connectivity index (χ4n) is 1.43. The molecule has 1 aromatic carbocycles. The summed E-state index contributed by atoms with van der Waals surface area (Å²) in [5, 5.41) is 0. The molecule has 0 bridgehead atoms. The third-order valence-electron chi connectivity index (χ3n) is 2.10. The van der Waals surface area contributed by atoms with E-state index in [4.69, 9.17) is 4.43 Å². The van der Waals surface area contributed by atoms with Crippen LogP contribution in [0.2, 0.25) is 19.6 Å². The van der Waals surface area contributed by atoms with Crippen LogP contribution in [0.25, 0.3) is 11.0 Å². The Balaban J connectivity index is 2.33. The molecule has 0 N–H and O–H groups in total. The maximum Gasteiger partial charge on any atom is 0.324 e. The van der Waals surface area contributed by atoms with Crippen LogP contribution in [0.3, 0.4) is 0 Å². The van der Waals surface area contributed by atoms with Crippen molar-refractivity contribution in [3.05, 3.63) is 36.2 Å². The third-order valence-corrected chi connectivity index (χ3v) is 2.90. The molecule has 4 nitrogen and oxygen atoms in total. The zero-order chi connectivity index (χ0) is 12.5. The molecule has 0 saturated carbocycles. The van der Waals surface area contributed by atoms with Crippen LogP contribution < -0.4 is 0 Å². The molecule has 0 spiro atoms. The van der Waals surface area contributed by atoms with E-state index < -0.39 is 8.32 Å². The van der Waals surface area contributed by atoms with E-state index in [1.165, 1.54) is 0 Å². The number of rotatable bonds is 2. The molecule has 0 saturated heterocycles. The molecule has 17 heavy (non-hydrogen) atoms. The van der Waals surface area contributed by atoms with Crippen molar-refractivity contribution in [2.45, 2.75) is 19.6 Å². The van der Waals surface area contributed by atoms with Crippen LogP contribution in [0.4, 0.5) is 0 Å². The zero-order valence-corrected chi connectivity index (χ0v) is 11.1. The van der Waals surface area contributed by atoms with Crippen molar-refractivity contribution in [3.63, 3.8) is 0 Å². The van der Waals surface area contributed by atoms with E-state index in [9.17, 15) is 4.79 Å². The van der Waals surface area contributed by atoms with Gasteiger partial charge in [-0.1, -0.05) is 0 Å². The molecule has 0 amide bonds. The summed E-state index contributed by atoms with van der Waals surface area (Å²) < 4.78 is 5.42. The average Bonchev–Trinajstić information content (AvgIpc) is 2.26. The molecule has 0 aliphatic rings. The summed E-state index contributed by atoms with van der Waals surface area (Å²) in [6, 6.07) is 5.22. The standard InChI is InChI=1S/C12H14N2O2Si/c1-17(2,3)16-12(15)9-4-5-10-11(8-9)14-7-6-13-10/h4-8H,1-3H3. The number of hydrogen-bond donors (Lipinski definition) is 0. The number of carbonyl (C=O) groups excluding carboxylic acids is 1. The highest BCUT2D eigenvalue weighted by Crippen LogP contribution is 2.14. The molecule has 0 fully saturated rings. The minimum Gasteiger partial charge on any atom is -0.516 e. The predicted octanol–water partition coefficient (Wildman–Crippen LogP) is 2.62. The Morgan fingerprint density at radius 3 is 2.41 bits per heavy atom. The van der Waals surface area contributed by atoms with Gasteiger partial charge in [0.05, 0.1) is 16.6 Å². The van der Waals surface area contributed by atoms with Crippen molar-refractivity contribution in [1.82, 2.24) is 9.97 Å². The van der Waals surface area contributed by atoms with Gasteiger partial charge in [-0.15, -0.1) is 0 Å². The summed E-state index contributed by atoms with van der Waals surface area (Å²) in [6.07, 6.45) is 3.23. The predicted molar refractivity (Wildman–Crippen MR) is 68.3 cm³/mol. The van der Waals surface area contributed by atoms with Gasteiger partial charge in [-0.2, -0.15) is 0 Å². The summed E-state index contributed by atoms with van der Waals surface area (Å²) in [4.78, 5) is 20.2. The van der Waals surface area contributed by atoms with Gasteiger partial charge >= 0.3 is 5.97 Å². The van der Waals surface area contributed by atoms with Gasteiger partial charge in [0.25, 0.3) is 0 Å². The lowest BCUT2D eigenvalue weighted by atomic mass is 10.2. The number of benzene rings is 1. The van der Waals surface area contributed by atoms with Gasteiger partial charge in [0.15, 0.2) is 0 Å². The second kappa shape index (κ2) is 4.25. The molecule has 0 radical (unpaired) electrons. The summed E-state index contributed by atoms with van der Waals surface area (Å²) in [5.74, 6) is -0.281. The summed E-state index contributed by atoms with van der Waals surface area (Å²) in [7, 11) is -1.86. The third kappa shape index (κ3) is 2.88. The SMILES string of the molecule is C[Si](C)(C)OC(=O)c1ccc2nccnc2c1. The van der Waals surface area contributed by atoms with E-state index in [0.29, 0.717) is 11.1 Å². The molecular formula is C12H14N2O2Si. The topological polar surface area (TPSA) is 52.1 Å². The van der Waals surface area contributed by atoms with E-state index in [0.717, 1.165) is 5.52 Å². The zero-order valence-electron chi connectivity index (χ0n) is 10.1. The first-order valence-corrected chi connectivity index (χ1v) is 8.81. The molecule has 2 rings (SSSR count). The first-order valence-electron chi connectivity index (χ1n) is 5.40. The minimum atomic E-state index is -1.86. The summed E-state index contributed by atoms with van der Waals surface area (Å²) in [6.45, 7) is 5.93. The first-order chi connectivity index (χ1) is 7.96. The number of carbonyl (C=O) groups is 1. The quantitative estimate of drug-likeness (QED) is 0.764. The van der Waals surface area contributed by atoms with Gasteiger partial charge in [0.2, 0.25) is 8.32 Å². The van der Waals surface area contributed by atoms with Crippen molar-refractivity contribution in [1.29, 1.82) is 0 Å². The highest BCUT2D eigenvalue weighted by molar-refractivity contribution is 6.71. The second-order valence-corrected chi connectivity index (χ2v) is 9.19. The van der Waals surface area contributed by atoms with E-state index in [-0.39, 0.29) is 5.97 Å². The Labute approximate surface area is 101 Å².